The summed E-state index contributed by atoms with van der Waals surface area (Å²) in [7, 11) is 0. The van der Waals surface area contributed by atoms with E-state index in [2.05, 4.69) is 11.4 Å². The lowest BCUT2D eigenvalue weighted by atomic mass is 9.96. The van der Waals surface area contributed by atoms with Gasteiger partial charge in [0.25, 0.3) is 5.91 Å². The molecule has 2 aliphatic carbocycles. The normalized spacial score (nSPS) is 17.9. The number of anilines is 1. The van der Waals surface area contributed by atoms with Crippen LogP contribution in [0.25, 0.3) is 0 Å². The van der Waals surface area contributed by atoms with E-state index in [1.165, 1.54) is 11.3 Å². The van der Waals surface area contributed by atoms with Gasteiger partial charge >= 0.3 is 0 Å². The zero-order chi connectivity index (χ0) is 16.4. The van der Waals surface area contributed by atoms with Gasteiger partial charge in [-0.2, -0.15) is 5.26 Å². The van der Waals surface area contributed by atoms with Gasteiger partial charge in [-0.3, -0.25) is 14.4 Å². The van der Waals surface area contributed by atoms with Crippen LogP contribution in [0.3, 0.4) is 0 Å². The molecular formula is C16H16N2O4S. The Balaban J connectivity index is 1.64. The fourth-order valence-electron chi connectivity index (χ4n) is 2.97. The molecule has 1 aromatic heterocycles. The molecular weight excluding hydrogens is 316 g/mol. The molecule has 3 rings (SSSR count). The highest BCUT2D eigenvalue weighted by Crippen LogP contribution is 2.37. The van der Waals surface area contributed by atoms with E-state index in [0.29, 0.717) is 10.6 Å². The van der Waals surface area contributed by atoms with Crippen LogP contribution in [0, 0.1) is 11.3 Å². The number of carbonyl (C=O) groups excluding carboxylic acids is 3. The monoisotopic (exact) mass is 332 g/mol. The van der Waals surface area contributed by atoms with E-state index < -0.39 is 12.0 Å². The smallest absolute Gasteiger partial charge is 0.251 e. The maximum atomic E-state index is 12.0. The summed E-state index contributed by atoms with van der Waals surface area (Å²) in [5.41, 5.74) is 1.58. The van der Waals surface area contributed by atoms with Gasteiger partial charge in [-0.25, -0.2) is 0 Å². The van der Waals surface area contributed by atoms with Crippen molar-refractivity contribution >= 4 is 33.8 Å². The molecule has 1 fully saturated rings. The second-order valence-corrected chi connectivity index (χ2v) is 6.80. The molecule has 0 aromatic carbocycles. The molecule has 0 unspecified atom stereocenters. The lowest BCUT2D eigenvalue weighted by molar-refractivity contribution is -0.139. The van der Waals surface area contributed by atoms with Crippen LogP contribution in [-0.4, -0.2) is 30.2 Å². The molecule has 120 valence electrons. The number of Topliss-reactive ketones (excluding diaryl/α,β-unsaturated/α-hetero) is 2. The molecule has 1 saturated carbocycles. The van der Waals surface area contributed by atoms with Gasteiger partial charge in [0, 0.05) is 17.7 Å². The average Bonchev–Trinajstić information content (AvgIpc) is 3.05. The van der Waals surface area contributed by atoms with Gasteiger partial charge in [-0.1, -0.05) is 0 Å². The maximum Gasteiger partial charge on any atom is 0.251 e. The molecule has 1 N–H and O–H groups in total. The van der Waals surface area contributed by atoms with Crippen LogP contribution in [0.5, 0.6) is 0 Å². The fraction of sp³-hybridized carbons (Fsp3) is 0.500. The Hall–Kier alpha value is -2.04. The van der Waals surface area contributed by atoms with Gasteiger partial charge in [0.05, 0.1) is 5.56 Å². The van der Waals surface area contributed by atoms with Crippen molar-refractivity contribution in [1.29, 1.82) is 5.26 Å². The molecule has 2 aliphatic rings. The lowest BCUT2D eigenvalue weighted by Gasteiger charge is -2.09. The summed E-state index contributed by atoms with van der Waals surface area (Å²) in [6.45, 7) is -0.365. The number of ether oxygens (including phenoxy) is 1. The van der Waals surface area contributed by atoms with E-state index in [1.54, 1.807) is 0 Å². The highest BCUT2D eigenvalue weighted by molar-refractivity contribution is 7.16. The van der Waals surface area contributed by atoms with Crippen LogP contribution in [0.2, 0.25) is 0 Å². The van der Waals surface area contributed by atoms with Crippen molar-refractivity contribution in [2.75, 3.05) is 11.9 Å². The first-order valence-corrected chi connectivity index (χ1v) is 8.43. The SMILES string of the molecule is N#Cc1c(NC(=O)COC2C(=O)CCC2=O)sc2c1CCCC2. The highest BCUT2D eigenvalue weighted by Gasteiger charge is 2.34. The number of hydrogen-bond donors (Lipinski definition) is 1. The second kappa shape index (κ2) is 6.60. The van der Waals surface area contributed by atoms with E-state index in [1.807, 2.05) is 0 Å². The Kier molecular flexibility index (Phi) is 4.55. The minimum atomic E-state index is -1.10. The van der Waals surface area contributed by atoms with Crippen molar-refractivity contribution in [3.8, 4) is 6.07 Å². The Labute approximate surface area is 137 Å². The number of fused-ring (bicyclic) bond motifs is 1. The second-order valence-electron chi connectivity index (χ2n) is 5.70. The van der Waals surface area contributed by atoms with Crippen LogP contribution in [0.15, 0.2) is 0 Å². The molecule has 0 atom stereocenters. The number of carbonyl (C=O) groups is 3. The standard InChI is InChI=1S/C16H16N2O4S/c17-7-10-9-3-1-2-4-13(9)23-16(10)18-14(21)8-22-15-11(19)5-6-12(15)20/h15H,1-6,8H2,(H,18,21). The largest absolute Gasteiger partial charge is 0.353 e. The molecule has 0 aliphatic heterocycles. The van der Waals surface area contributed by atoms with Crippen molar-refractivity contribution in [3.63, 3.8) is 0 Å². The number of amides is 1. The zero-order valence-electron chi connectivity index (χ0n) is 12.5. The van der Waals surface area contributed by atoms with E-state index in [0.717, 1.165) is 36.1 Å². The molecule has 6 nitrogen and oxygen atoms in total. The molecule has 1 heterocycles. The third-order valence-electron chi connectivity index (χ3n) is 4.12. The average molecular weight is 332 g/mol. The summed E-state index contributed by atoms with van der Waals surface area (Å²) in [4.78, 5) is 36.1. The van der Waals surface area contributed by atoms with Gasteiger partial charge < -0.3 is 10.1 Å². The summed E-state index contributed by atoms with van der Waals surface area (Å²) < 4.78 is 5.15. The van der Waals surface area contributed by atoms with E-state index in [9.17, 15) is 19.6 Å². The van der Waals surface area contributed by atoms with Crippen molar-refractivity contribution in [2.45, 2.75) is 44.6 Å². The predicted octanol–water partition coefficient (Wildman–Crippen LogP) is 1.75. The summed E-state index contributed by atoms with van der Waals surface area (Å²) >= 11 is 1.43. The van der Waals surface area contributed by atoms with Gasteiger partial charge in [0.1, 0.15) is 17.7 Å². The van der Waals surface area contributed by atoms with Crippen molar-refractivity contribution in [3.05, 3.63) is 16.0 Å². The Bertz CT molecular complexity index is 700. The summed E-state index contributed by atoms with van der Waals surface area (Å²) in [5.74, 6) is -0.994. The van der Waals surface area contributed by atoms with Gasteiger partial charge in [-0.05, 0) is 31.2 Å². The first-order chi connectivity index (χ1) is 11.1. The first-order valence-electron chi connectivity index (χ1n) is 7.61. The fourth-order valence-corrected chi connectivity index (χ4v) is 4.22. The molecule has 0 radical (unpaired) electrons. The molecule has 0 saturated heterocycles. The van der Waals surface area contributed by atoms with Crippen LogP contribution in [-0.2, 0) is 32.0 Å². The molecule has 1 aromatic rings. The maximum absolute atomic E-state index is 12.0. The van der Waals surface area contributed by atoms with Gasteiger partial charge in [0.2, 0.25) is 0 Å². The molecule has 7 heteroatoms. The quantitative estimate of drug-likeness (QED) is 0.847. The lowest BCUT2D eigenvalue weighted by Crippen LogP contribution is -2.30. The Morgan fingerprint density at radius 1 is 1.22 bits per heavy atom. The topological polar surface area (TPSA) is 96.3 Å². The zero-order valence-corrected chi connectivity index (χ0v) is 13.3. The van der Waals surface area contributed by atoms with Crippen LogP contribution in [0.1, 0.15) is 41.7 Å². The minimum absolute atomic E-state index is 0.182. The third-order valence-corrected chi connectivity index (χ3v) is 5.33. The Morgan fingerprint density at radius 3 is 2.61 bits per heavy atom. The van der Waals surface area contributed by atoms with E-state index in [-0.39, 0.29) is 31.0 Å². The van der Waals surface area contributed by atoms with Gasteiger partial charge in [0.15, 0.2) is 17.7 Å². The minimum Gasteiger partial charge on any atom is -0.353 e. The van der Waals surface area contributed by atoms with Crippen LogP contribution in [0.4, 0.5) is 5.00 Å². The summed E-state index contributed by atoms with van der Waals surface area (Å²) in [6.07, 6.45) is 3.22. The predicted molar refractivity (Wildman–Crippen MR) is 83.3 cm³/mol. The number of nitrogens with zero attached hydrogens (tertiary/aromatic N) is 1. The number of aryl methyl sites for hydroxylation is 1. The first kappa shape index (κ1) is 15.8. The molecule has 0 spiro atoms. The number of ketones is 2. The summed E-state index contributed by atoms with van der Waals surface area (Å²) in [5, 5.41) is 12.6. The van der Waals surface area contributed by atoms with Crippen LogP contribution >= 0.6 is 11.3 Å². The van der Waals surface area contributed by atoms with Crippen LogP contribution < -0.4 is 5.32 Å². The van der Waals surface area contributed by atoms with Gasteiger partial charge in [-0.15, -0.1) is 11.3 Å². The van der Waals surface area contributed by atoms with Crippen molar-refractivity contribution in [1.82, 2.24) is 0 Å². The van der Waals surface area contributed by atoms with E-state index in [4.69, 9.17) is 4.74 Å². The Morgan fingerprint density at radius 2 is 1.91 bits per heavy atom. The summed E-state index contributed by atoms with van der Waals surface area (Å²) in [6, 6.07) is 2.17. The molecule has 0 bridgehead atoms. The molecule has 23 heavy (non-hydrogen) atoms. The highest BCUT2D eigenvalue weighted by atomic mass is 32.1. The number of thiophene rings is 1. The third kappa shape index (κ3) is 3.19. The number of nitrogens with one attached hydrogen (secondary N) is 1. The number of rotatable bonds is 4. The van der Waals surface area contributed by atoms with Crippen molar-refractivity contribution in [2.24, 2.45) is 0 Å². The van der Waals surface area contributed by atoms with Crippen molar-refractivity contribution < 1.29 is 19.1 Å². The molecule has 1 amide bonds. The number of hydrogen-bond acceptors (Lipinski definition) is 6. The van der Waals surface area contributed by atoms with E-state index >= 15 is 0 Å². The number of nitriles is 1.